The summed E-state index contributed by atoms with van der Waals surface area (Å²) in [4.78, 5) is 75.6. The van der Waals surface area contributed by atoms with E-state index in [9.17, 15) is 36.9 Å². The van der Waals surface area contributed by atoms with Crippen LogP contribution in [-0.4, -0.2) is 111 Å². The van der Waals surface area contributed by atoms with Gasteiger partial charge in [-0.1, -0.05) is 11.2 Å². The normalized spacial score (nSPS) is 17.9. The van der Waals surface area contributed by atoms with Gasteiger partial charge in [-0.15, -0.1) is 20.3 Å². The number of thiazole rings is 1. The first-order valence-corrected chi connectivity index (χ1v) is 23.2. The third kappa shape index (κ3) is 13.8. The van der Waals surface area contributed by atoms with Gasteiger partial charge in [-0.05, 0) is 119 Å². The van der Waals surface area contributed by atoms with E-state index >= 15 is 0 Å². The maximum Gasteiger partial charge on any atom is 0.418 e. The summed E-state index contributed by atoms with van der Waals surface area (Å²) < 4.78 is 63.1. The summed E-state index contributed by atoms with van der Waals surface area (Å²) in [5, 5.41) is 13.6. The van der Waals surface area contributed by atoms with E-state index in [0.717, 1.165) is 28.0 Å². The Morgan fingerprint density at radius 2 is 1.67 bits per heavy atom. The highest BCUT2D eigenvalue weighted by Crippen LogP contribution is 2.35. The topological polar surface area (TPSA) is 268 Å². The fourth-order valence-electron chi connectivity index (χ4n) is 6.67. The van der Waals surface area contributed by atoms with Crippen LogP contribution in [0.3, 0.4) is 0 Å². The Hall–Kier alpha value is -5.85. The Morgan fingerprint density at radius 1 is 1.02 bits per heavy atom. The van der Waals surface area contributed by atoms with Crippen molar-refractivity contribution >= 4 is 62.5 Å². The molecule has 3 aromatic rings. The molecule has 0 saturated carbocycles. The molecule has 1 saturated heterocycles. The molecular weight excluding hydrogens is 905 g/mol. The molecule has 2 unspecified atom stereocenters. The molecule has 22 nitrogen and oxygen atoms in total. The van der Waals surface area contributed by atoms with E-state index < -0.39 is 86.7 Å². The molecule has 4 heterocycles. The van der Waals surface area contributed by atoms with Crippen LogP contribution in [0.1, 0.15) is 100 Å². The molecule has 0 bridgehead atoms. The number of aromatic nitrogens is 3. The SMILES string of the molecule is C[n+]1cc(-c2ccc3c(c2)CCC([C@H](O/N=C(\C(=O)NC2C(=O)N(OS(=O)(=O)O)C2(C)C)c2csc(NC(=O)OC(C)(C)C)n2)C(=O)OC(C)(C)C)O3)cn1CCCNC(=O)OC(C)(C)C. The number of fused-ring (bicyclic) bond motifs is 1. The van der Waals surface area contributed by atoms with Crippen molar-refractivity contribution in [3.8, 4) is 16.9 Å². The minimum absolute atomic E-state index is 0.000670. The second-order valence-electron chi connectivity index (χ2n) is 19.1. The summed E-state index contributed by atoms with van der Waals surface area (Å²) in [5.41, 5.74) is -1.87. The zero-order valence-electron chi connectivity index (χ0n) is 39.0. The fourth-order valence-corrected chi connectivity index (χ4v) is 7.80. The van der Waals surface area contributed by atoms with E-state index in [-0.39, 0.29) is 17.2 Å². The third-order valence-corrected chi connectivity index (χ3v) is 10.6. The zero-order chi connectivity index (χ0) is 49.2. The Balaban J connectivity index is 1.38. The fraction of sp³-hybridized carbons (Fsp3) is 0.571. The predicted molar refractivity (Wildman–Crippen MR) is 237 cm³/mol. The molecule has 0 aliphatic carbocycles. The number of ether oxygens (including phenoxy) is 4. The van der Waals surface area contributed by atoms with Crippen molar-refractivity contribution in [2.24, 2.45) is 12.2 Å². The minimum atomic E-state index is -5.09. The molecule has 2 aromatic heterocycles. The van der Waals surface area contributed by atoms with Crippen molar-refractivity contribution < 1.29 is 69.7 Å². The first kappa shape index (κ1) is 51.1. The van der Waals surface area contributed by atoms with E-state index in [4.69, 9.17) is 23.8 Å². The minimum Gasteiger partial charge on any atom is -0.485 e. The molecule has 4 N–H and O–H groups in total. The van der Waals surface area contributed by atoms with Gasteiger partial charge < -0.3 is 34.4 Å². The number of benzene rings is 1. The monoisotopic (exact) mass is 963 g/mol. The summed E-state index contributed by atoms with van der Waals surface area (Å²) in [6, 6.07) is 4.27. The average Bonchev–Trinajstić information content (AvgIpc) is 3.78. The highest BCUT2D eigenvalue weighted by atomic mass is 32.3. The summed E-state index contributed by atoms with van der Waals surface area (Å²) in [6.07, 6.45) is 1.54. The van der Waals surface area contributed by atoms with Crippen LogP contribution >= 0.6 is 11.3 Å². The van der Waals surface area contributed by atoms with E-state index in [1.165, 1.54) is 19.2 Å². The zero-order valence-corrected chi connectivity index (χ0v) is 40.7. The molecule has 2 aliphatic rings. The third-order valence-electron chi connectivity index (χ3n) is 9.55. The van der Waals surface area contributed by atoms with Crippen LogP contribution in [0.2, 0.25) is 0 Å². The highest BCUT2D eigenvalue weighted by molar-refractivity contribution is 7.80. The standard InChI is InChI=1S/C42H58N8O14S2/c1-39(2,3)60-35(53)31(29-17-15-25-20-24(14-16-28(25)59-29)26-21-48(12)49(22-26)19-13-18-43-37(54)61-40(4,5)6)63-47-30(27-23-65-36(44-27)46-38(55)62-41(7,8)9)33(51)45-32-34(52)50(42(32,10)11)64-66(56,57)58/h14,16,20-23,29,31-32H,13,15,17-19H2,1-12H3,(H3-,43,44,45,46,51,54,55,56,57,58)/p+1/b47-30-/t29?,31-,32?/m0/s1. The summed E-state index contributed by atoms with van der Waals surface area (Å²) >= 11 is 0.906. The number of rotatable bonds is 15. The number of nitrogens with one attached hydrogen (secondary N) is 3. The van der Waals surface area contributed by atoms with E-state index in [1.54, 1.807) is 68.4 Å². The predicted octanol–water partition coefficient (Wildman–Crippen LogP) is 4.36. The van der Waals surface area contributed by atoms with Crippen LogP contribution in [0.4, 0.5) is 14.7 Å². The number of oxime groups is 1. The lowest BCUT2D eigenvalue weighted by molar-refractivity contribution is -0.753. The number of hydrogen-bond acceptors (Lipinski definition) is 16. The molecule has 0 radical (unpaired) electrons. The van der Waals surface area contributed by atoms with Gasteiger partial charge in [0.1, 0.15) is 40.4 Å². The van der Waals surface area contributed by atoms with Gasteiger partial charge in [0.05, 0.1) is 23.8 Å². The Labute approximate surface area is 387 Å². The molecule has 3 atom stereocenters. The van der Waals surface area contributed by atoms with E-state index in [1.807, 2.05) is 40.9 Å². The molecule has 24 heteroatoms. The number of amides is 4. The Kier molecular flexibility index (Phi) is 15.1. The molecule has 5 rings (SSSR count). The van der Waals surface area contributed by atoms with Crippen LogP contribution < -0.4 is 25.4 Å². The first-order chi connectivity index (χ1) is 30.4. The van der Waals surface area contributed by atoms with Crippen LogP contribution in [-0.2, 0) is 68.1 Å². The molecule has 1 fully saturated rings. The van der Waals surface area contributed by atoms with Crippen molar-refractivity contribution in [1.82, 2.24) is 25.4 Å². The average molecular weight is 964 g/mol. The van der Waals surface area contributed by atoms with Crippen LogP contribution in [0.25, 0.3) is 11.1 Å². The van der Waals surface area contributed by atoms with E-state index in [0.29, 0.717) is 36.7 Å². The molecule has 362 valence electrons. The lowest BCUT2D eigenvalue weighted by atomic mass is 9.84. The number of hydrogen-bond donors (Lipinski definition) is 4. The summed E-state index contributed by atoms with van der Waals surface area (Å²) in [7, 11) is -3.17. The number of anilines is 1. The Bertz CT molecular complexity index is 2460. The lowest BCUT2D eigenvalue weighted by Crippen LogP contribution is -2.76. The lowest BCUT2D eigenvalue weighted by Gasteiger charge is -2.50. The molecule has 4 amide bonds. The smallest absolute Gasteiger partial charge is 0.418 e. The van der Waals surface area contributed by atoms with Gasteiger partial charge in [0.2, 0.25) is 6.20 Å². The summed E-state index contributed by atoms with van der Waals surface area (Å²) in [6.45, 7) is 19.2. The second-order valence-corrected chi connectivity index (χ2v) is 21.0. The molecule has 0 spiro atoms. The van der Waals surface area contributed by atoms with Gasteiger partial charge in [-0.2, -0.15) is 18.2 Å². The van der Waals surface area contributed by atoms with Crippen molar-refractivity contribution in [1.29, 1.82) is 0 Å². The highest BCUT2D eigenvalue weighted by Gasteiger charge is 2.58. The van der Waals surface area contributed by atoms with Gasteiger partial charge in [0.25, 0.3) is 17.9 Å². The van der Waals surface area contributed by atoms with Gasteiger partial charge in [0, 0.05) is 11.9 Å². The molecule has 66 heavy (non-hydrogen) atoms. The van der Waals surface area contributed by atoms with Gasteiger partial charge in [-0.3, -0.25) is 19.5 Å². The Morgan fingerprint density at radius 3 is 2.29 bits per heavy atom. The van der Waals surface area contributed by atoms with Gasteiger partial charge in [0.15, 0.2) is 17.9 Å². The van der Waals surface area contributed by atoms with Crippen molar-refractivity contribution in [3.63, 3.8) is 0 Å². The van der Waals surface area contributed by atoms with Crippen molar-refractivity contribution in [3.05, 3.63) is 47.2 Å². The molecule has 2 aliphatic heterocycles. The van der Waals surface area contributed by atoms with Crippen molar-refractivity contribution in [2.45, 2.75) is 143 Å². The number of aryl methyl sites for hydroxylation is 3. The quantitative estimate of drug-likeness (QED) is 0.0241. The maximum atomic E-state index is 14.0. The number of alkyl carbamates (subject to hydrolysis) is 1. The second kappa shape index (κ2) is 19.5. The van der Waals surface area contributed by atoms with Crippen LogP contribution in [0.5, 0.6) is 5.75 Å². The van der Waals surface area contributed by atoms with Crippen LogP contribution in [0, 0.1) is 0 Å². The number of carbonyl (C=O) groups is 5. The molecule has 1 aromatic carbocycles. The number of hydroxylamine groups is 2. The molecular formula is C42H59N8O14S2+. The number of esters is 1. The van der Waals surface area contributed by atoms with Crippen LogP contribution in [0.15, 0.2) is 41.1 Å². The largest absolute Gasteiger partial charge is 0.485 e. The maximum absolute atomic E-state index is 14.0. The van der Waals surface area contributed by atoms with Gasteiger partial charge >= 0.3 is 28.6 Å². The van der Waals surface area contributed by atoms with Crippen molar-refractivity contribution in [2.75, 3.05) is 11.9 Å². The number of nitrogens with zero attached hydrogens (tertiary/aromatic N) is 5. The van der Waals surface area contributed by atoms with Gasteiger partial charge in [-0.25, -0.2) is 19.4 Å². The number of β-lactam (4-membered cyclic amide) rings is 1. The number of carbonyl (C=O) groups excluding carboxylic acids is 5. The first-order valence-electron chi connectivity index (χ1n) is 21.0. The van der Waals surface area contributed by atoms with E-state index in [2.05, 4.69) is 30.4 Å². The summed E-state index contributed by atoms with van der Waals surface area (Å²) in [5.74, 6) is -2.44.